The van der Waals surface area contributed by atoms with E-state index in [9.17, 15) is 18.0 Å². The molecule has 1 aliphatic heterocycles. The first-order chi connectivity index (χ1) is 19.6. The highest BCUT2D eigenvalue weighted by atomic mass is 32.2. The smallest absolute Gasteiger partial charge is 0.339 e. The second kappa shape index (κ2) is 11.8. The molecule has 0 radical (unpaired) electrons. The topological polar surface area (TPSA) is 90.0 Å². The molecule has 4 aromatic carbocycles. The highest BCUT2D eigenvalue weighted by Crippen LogP contribution is 2.33. The van der Waals surface area contributed by atoms with Gasteiger partial charge in [-0.2, -0.15) is 8.42 Å². The van der Waals surface area contributed by atoms with Crippen molar-refractivity contribution in [3.05, 3.63) is 107 Å². The van der Waals surface area contributed by atoms with Crippen LogP contribution >= 0.6 is 11.8 Å². The van der Waals surface area contributed by atoms with E-state index in [2.05, 4.69) is 13.8 Å². The fourth-order valence-electron chi connectivity index (χ4n) is 4.45. The summed E-state index contributed by atoms with van der Waals surface area (Å²) in [6.45, 7) is 6.47. The van der Waals surface area contributed by atoms with Crippen LogP contribution in [0.2, 0.25) is 0 Å². The maximum Gasteiger partial charge on any atom is 0.339 e. The second-order valence-electron chi connectivity index (χ2n) is 9.99. The maximum absolute atomic E-state index is 13.0. The van der Waals surface area contributed by atoms with E-state index in [0.29, 0.717) is 5.56 Å². The SMILES string of the molecule is Cc1ccc(C(C)C)c(OCCN2C(=O)S/C(=C\c3ccc(OS(=O)(=O)c4ccc5ccccc5c4)cc3)C2=O)c1. The maximum atomic E-state index is 13.0. The number of carbonyl (C=O) groups excluding carboxylic acids is 2. The van der Waals surface area contributed by atoms with Crippen molar-refractivity contribution in [3.8, 4) is 11.5 Å². The molecule has 1 heterocycles. The summed E-state index contributed by atoms with van der Waals surface area (Å²) in [4.78, 5) is 27.0. The van der Waals surface area contributed by atoms with E-state index in [1.165, 1.54) is 23.1 Å². The Balaban J connectivity index is 1.22. The molecule has 0 aromatic heterocycles. The van der Waals surface area contributed by atoms with Gasteiger partial charge in [0.1, 0.15) is 23.0 Å². The summed E-state index contributed by atoms with van der Waals surface area (Å²) in [5.41, 5.74) is 2.77. The molecule has 0 aliphatic carbocycles. The summed E-state index contributed by atoms with van der Waals surface area (Å²) < 4.78 is 37.0. The fraction of sp³-hybridized carbons (Fsp3) is 0.188. The van der Waals surface area contributed by atoms with E-state index < -0.39 is 16.0 Å². The number of amides is 2. The number of nitrogens with zero attached hydrogens (tertiary/aromatic N) is 1. The van der Waals surface area contributed by atoms with Gasteiger partial charge in [0.15, 0.2) is 0 Å². The van der Waals surface area contributed by atoms with Gasteiger partial charge in [0.25, 0.3) is 11.1 Å². The minimum atomic E-state index is -4.04. The predicted octanol–water partition coefficient (Wildman–Crippen LogP) is 7.15. The lowest BCUT2D eigenvalue weighted by Gasteiger charge is -2.17. The minimum Gasteiger partial charge on any atom is -0.491 e. The van der Waals surface area contributed by atoms with E-state index in [4.69, 9.17) is 8.92 Å². The van der Waals surface area contributed by atoms with E-state index in [1.807, 2.05) is 49.4 Å². The number of benzene rings is 4. The first-order valence-electron chi connectivity index (χ1n) is 13.1. The lowest BCUT2D eigenvalue weighted by atomic mass is 10.0. The second-order valence-corrected chi connectivity index (χ2v) is 12.5. The largest absolute Gasteiger partial charge is 0.491 e. The van der Waals surface area contributed by atoms with Gasteiger partial charge in [-0.1, -0.05) is 68.4 Å². The Hall–Kier alpha value is -4.08. The van der Waals surface area contributed by atoms with E-state index >= 15 is 0 Å². The summed E-state index contributed by atoms with van der Waals surface area (Å²) >= 11 is 0.862. The molecule has 5 rings (SSSR count). The van der Waals surface area contributed by atoms with Crippen molar-refractivity contribution in [2.75, 3.05) is 13.2 Å². The van der Waals surface area contributed by atoms with Gasteiger partial charge in [0.05, 0.1) is 11.4 Å². The van der Waals surface area contributed by atoms with Crippen molar-refractivity contribution in [1.29, 1.82) is 0 Å². The highest BCUT2D eigenvalue weighted by Gasteiger charge is 2.34. The Morgan fingerprint density at radius 2 is 1.63 bits per heavy atom. The van der Waals surface area contributed by atoms with Gasteiger partial charge >= 0.3 is 10.1 Å². The van der Waals surface area contributed by atoms with Crippen LogP contribution in [0.1, 0.15) is 36.5 Å². The van der Waals surface area contributed by atoms with Gasteiger partial charge in [-0.15, -0.1) is 0 Å². The first-order valence-corrected chi connectivity index (χ1v) is 15.4. The summed E-state index contributed by atoms with van der Waals surface area (Å²) in [6.07, 6.45) is 1.60. The van der Waals surface area contributed by atoms with Crippen LogP contribution in [0.25, 0.3) is 16.8 Å². The zero-order valence-electron chi connectivity index (χ0n) is 22.9. The molecule has 210 valence electrons. The molecular weight excluding hydrogens is 558 g/mol. The summed E-state index contributed by atoms with van der Waals surface area (Å²) in [5, 5.41) is 1.36. The average molecular weight is 588 g/mol. The van der Waals surface area contributed by atoms with E-state index in [0.717, 1.165) is 39.4 Å². The van der Waals surface area contributed by atoms with Crippen LogP contribution in [0.15, 0.2) is 94.7 Å². The number of imide groups is 1. The third-order valence-electron chi connectivity index (χ3n) is 6.63. The number of hydrogen-bond donors (Lipinski definition) is 0. The number of hydrogen-bond acceptors (Lipinski definition) is 7. The van der Waals surface area contributed by atoms with Crippen molar-refractivity contribution in [1.82, 2.24) is 4.90 Å². The molecule has 0 bridgehead atoms. The molecule has 0 saturated carbocycles. The summed E-state index contributed by atoms with van der Waals surface area (Å²) in [7, 11) is -4.04. The molecule has 0 spiro atoms. The minimum absolute atomic E-state index is 0.0563. The zero-order chi connectivity index (χ0) is 29.1. The van der Waals surface area contributed by atoms with Gasteiger partial charge in [-0.05, 0) is 88.5 Å². The molecule has 0 unspecified atom stereocenters. The highest BCUT2D eigenvalue weighted by molar-refractivity contribution is 8.18. The first kappa shape index (κ1) is 28.4. The Morgan fingerprint density at radius 1 is 0.902 bits per heavy atom. The lowest BCUT2D eigenvalue weighted by Crippen LogP contribution is -2.32. The standard InChI is InChI=1S/C32H29NO6S2/c1-21(2)28-15-8-22(3)18-29(28)38-17-16-33-31(34)30(40-32(33)35)19-23-9-12-26(13-10-23)39-41(36,37)27-14-11-24-6-4-5-7-25(24)20-27/h4-15,18-21H,16-17H2,1-3H3/b30-19-. The van der Waals surface area contributed by atoms with Gasteiger partial charge in [0, 0.05) is 0 Å². The van der Waals surface area contributed by atoms with Crippen LogP contribution in [0.5, 0.6) is 11.5 Å². The van der Waals surface area contributed by atoms with E-state index in [-0.39, 0.29) is 39.9 Å². The number of carbonyl (C=O) groups is 2. The average Bonchev–Trinajstić information content (AvgIpc) is 3.21. The molecule has 2 amide bonds. The van der Waals surface area contributed by atoms with Gasteiger partial charge < -0.3 is 8.92 Å². The van der Waals surface area contributed by atoms with Gasteiger partial charge in [-0.3, -0.25) is 14.5 Å². The van der Waals surface area contributed by atoms with Crippen LogP contribution in [0.4, 0.5) is 4.79 Å². The lowest BCUT2D eigenvalue weighted by molar-refractivity contribution is -0.123. The molecule has 1 saturated heterocycles. The monoisotopic (exact) mass is 587 g/mol. The van der Waals surface area contributed by atoms with Crippen molar-refractivity contribution in [2.24, 2.45) is 0 Å². The van der Waals surface area contributed by atoms with Gasteiger partial charge in [0.2, 0.25) is 0 Å². The normalized spacial score (nSPS) is 14.8. The molecular formula is C32H29NO6S2. The van der Waals surface area contributed by atoms with Crippen LogP contribution in [-0.4, -0.2) is 37.6 Å². The zero-order valence-corrected chi connectivity index (χ0v) is 24.5. The van der Waals surface area contributed by atoms with Gasteiger partial charge in [-0.25, -0.2) is 0 Å². The molecule has 41 heavy (non-hydrogen) atoms. The van der Waals surface area contributed by atoms with Crippen molar-refractivity contribution in [2.45, 2.75) is 31.6 Å². The number of rotatable bonds is 9. The molecule has 9 heteroatoms. The van der Waals surface area contributed by atoms with Crippen LogP contribution in [-0.2, 0) is 14.9 Å². The quantitative estimate of drug-likeness (QED) is 0.152. The number of ether oxygens (including phenoxy) is 1. The summed E-state index contributed by atoms with van der Waals surface area (Å²) in [6, 6.07) is 24.6. The van der Waals surface area contributed by atoms with Crippen molar-refractivity contribution >= 4 is 49.9 Å². The third-order valence-corrected chi connectivity index (χ3v) is 8.78. The third kappa shape index (κ3) is 6.47. The molecule has 0 N–H and O–H groups in total. The number of aryl methyl sites for hydroxylation is 1. The Labute approximate surface area is 243 Å². The van der Waals surface area contributed by atoms with Crippen LogP contribution in [0, 0.1) is 6.92 Å². The Bertz CT molecular complexity index is 1760. The van der Waals surface area contributed by atoms with Crippen LogP contribution in [0.3, 0.4) is 0 Å². The van der Waals surface area contributed by atoms with Crippen molar-refractivity contribution in [3.63, 3.8) is 0 Å². The number of fused-ring (bicyclic) bond motifs is 1. The predicted molar refractivity (Wildman–Crippen MR) is 162 cm³/mol. The van der Waals surface area contributed by atoms with Crippen molar-refractivity contribution < 1.29 is 26.9 Å². The molecule has 1 aliphatic rings. The number of thioether (sulfide) groups is 1. The Morgan fingerprint density at radius 3 is 2.37 bits per heavy atom. The molecule has 1 fully saturated rings. The molecule has 4 aromatic rings. The molecule has 0 atom stereocenters. The molecule has 7 nitrogen and oxygen atoms in total. The van der Waals surface area contributed by atoms with Crippen LogP contribution < -0.4 is 8.92 Å². The Kier molecular flexibility index (Phi) is 8.19. The fourth-order valence-corrected chi connectivity index (χ4v) is 6.28. The summed E-state index contributed by atoms with van der Waals surface area (Å²) in [5.74, 6) is 0.780. The van der Waals surface area contributed by atoms with E-state index in [1.54, 1.807) is 30.3 Å².